The normalized spacial score (nSPS) is 23.4. The molecule has 1 unspecified atom stereocenters. The monoisotopic (exact) mass is 554 g/mol. The molecular formula is C24H39IN6O. The number of rotatable bonds is 7. The number of nitrogens with two attached hydrogens (primary N) is 1. The fourth-order valence-electron chi connectivity index (χ4n) is 4.95. The van der Waals surface area contributed by atoms with Crippen LogP contribution in [0.25, 0.3) is 0 Å². The predicted molar refractivity (Wildman–Crippen MR) is 140 cm³/mol. The lowest BCUT2D eigenvalue weighted by Gasteiger charge is -2.33. The van der Waals surface area contributed by atoms with Crippen LogP contribution < -0.4 is 16.4 Å². The van der Waals surface area contributed by atoms with Crippen LogP contribution in [0, 0.1) is 5.92 Å². The average molecular weight is 555 g/mol. The number of piperidine rings is 2. The van der Waals surface area contributed by atoms with E-state index in [0.29, 0.717) is 6.04 Å². The first-order valence-electron chi connectivity index (χ1n) is 11.9. The van der Waals surface area contributed by atoms with Crippen molar-refractivity contribution in [3.63, 3.8) is 0 Å². The van der Waals surface area contributed by atoms with Gasteiger partial charge in [-0.1, -0.05) is 24.3 Å². The Bertz CT molecular complexity index is 776. The number of nitrogens with zero attached hydrogens (tertiary/aromatic N) is 3. The van der Waals surface area contributed by atoms with Crippen molar-refractivity contribution in [3.8, 4) is 0 Å². The van der Waals surface area contributed by atoms with Crippen LogP contribution in [0.3, 0.4) is 0 Å². The van der Waals surface area contributed by atoms with Crippen molar-refractivity contribution >= 4 is 35.8 Å². The topological polar surface area (TPSA) is 86.0 Å². The molecule has 0 bridgehead atoms. The van der Waals surface area contributed by atoms with E-state index in [1.54, 1.807) is 0 Å². The van der Waals surface area contributed by atoms with Crippen LogP contribution >= 0.6 is 24.0 Å². The summed E-state index contributed by atoms with van der Waals surface area (Å²) in [6.07, 6.45) is 7.12. The molecular weight excluding hydrogens is 515 g/mol. The molecule has 2 saturated heterocycles. The molecule has 0 radical (unpaired) electrons. The molecule has 1 aromatic carbocycles. The van der Waals surface area contributed by atoms with Gasteiger partial charge >= 0.3 is 0 Å². The van der Waals surface area contributed by atoms with Gasteiger partial charge in [0.15, 0.2) is 5.96 Å². The number of likely N-dealkylation sites (tertiary alicyclic amines) is 2. The summed E-state index contributed by atoms with van der Waals surface area (Å²) in [5.74, 6) is 0.708. The average Bonchev–Trinajstić information content (AvgIpc) is 3.63. The smallest absolute Gasteiger partial charge is 0.221 e. The lowest BCUT2D eigenvalue weighted by molar-refractivity contribution is -0.123. The zero-order valence-electron chi connectivity index (χ0n) is 19.3. The minimum absolute atomic E-state index is 0. The second kappa shape index (κ2) is 12.2. The highest BCUT2D eigenvalue weighted by Crippen LogP contribution is 2.29. The fourth-order valence-corrected chi connectivity index (χ4v) is 4.95. The lowest BCUT2D eigenvalue weighted by atomic mass is 9.97. The number of carbonyl (C=O) groups is 1. The zero-order chi connectivity index (χ0) is 21.6. The molecule has 1 aromatic rings. The van der Waals surface area contributed by atoms with Crippen molar-refractivity contribution in [2.75, 3.05) is 33.2 Å². The quantitative estimate of drug-likeness (QED) is 0.274. The molecule has 1 saturated carbocycles. The number of primary amides is 1. The Morgan fingerprint density at radius 2 is 1.88 bits per heavy atom. The highest BCUT2D eigenvalue weighted by Gasteiger charge is 2.32. The molecule has 178 valence electrons. The van der Waals surface area contributed by atoms with Crippen molar-refractivity contribution in [2.24, 2.45) is 16.6 Å². The van der Waals surface area contributed by atoms with Gasteiger partial charge < -0.3 is 21.3 Å². The van der Waals surface area contributed by atoms with E-state index in [-0.39, 0.29) is 35.8 Å². The lowest BCUT2D eigenvalue weighted by Crippen LogP contribution is -2.48. The van der Waals surface area contributed by atoms with Gasteiger partial charge in [0.2, 0.25) is 5.91 Å². The Hall–Kier alpha value is -1.39. The van der Waals surface area contributed by atoms with E-state index in [4.69, 9.17) is 5.73 Å². The van der Waals surface area contributed by atoms with Crippen molar-refractivity contribution in [1.82, 2.24) is 20.4 Å². The number of hydrogen-bond acceptors (Lipinski definition) is 4. The Morgan fingerprint density at radius 3 is 2.56 bits per heavy atom. The van der Waals surface area contributed by atoms with Crippen LogP contribution in [0.4, 0.5) is 0 Å². The summed E-state index contributed by atoms with van der Waals surface area (Å²) in [5.41, 5.74) is 8.04. The maximum atomic E-state index is 11.5. The van der Waals surface area contributed by atoms with Gasteiger partial charge in [0.1, 0.15) is 0 Å². The molecule has 0 aromatic heterocycles. The molecule has 32 heavy (non-hydrogen) atoms. The van der Waals surface area contributed by atoms with E-state index in [9.17, 15) is 4.79 Å². The first-order chi connectivity index (χ1) is 15.1. The van der Waals surface area contributed by atoms with Crippen LogP contribution in [-0.2, 0) is 17.9 Å². The molecule has 1 atom stereocenters. The molecule has 0 spiro atoms. The standard InChI is InChI=1S/C24H38N6O.HI/c1-26-24(28-21-9-12-30(13-10-21)22-7-8-22)27-15-18-4-2-5-19(14-18)16-29-11-3-6-20(17-29)23(25)31;/h2,4-5,14,20-22H,3,6-13,15-17H2,1H3,(H2,25,31)(H2,26,27,28);1H. The summed E-state index contributed by atoms with van der Waals surface area (Å²) in [6.45, 7) is 5.82. The number of benzene rings is 1. The molecule has 1 amide bonds. The summed E-state index contributed by atoms with van der Waals surface area (Å²) < 4.78 is 0. The van der Waals surface area contributed by atoms with E-state index < -0.39 is 0 Å². The van der Waals surface area contributed by atoms with Gasteiger partial charge in [-0.15, -0.1) is 24.0 Å². The van der Waals surface area contributed by atoms with E-state index in [0.717, 1.165) is 51.0 Å². The van der Waals surface area contributed by atoms with Gasteiger partial charge in [-0.2, -0.15) is 0 Å². The first kappa shape index (κ1) is 25.2. The number of hydrogen-bond donors (Lipinski definition) is 3. The van der Waals surface area contributed by atoms with Crippen LogP contribution in [0.2, 0.25) is 0 Å². The summed E-state index contributed by atoms with van der Waals surface area (Å²) in [4.78, 5) is 21.0. The number of aliphatic imine (C=N–C) groups is 1. The number of halogens is 1. The van der Waals surface area contributed by atoms with E-state index in [2.05, 4.69) is 49.7 Å². The number of guanidine groups is 1. The number of carbonyl (C=O) groups excluding carboxylic acids is 1. The second-order valence-electron chi connectivity index (χ2n) is 9.41. The Kier molecular flexibility index (Phi) is 9.61. The van der Waals surface area contributed by atoms with E-state index in [1.807, 2.05) is 7.05 Å². The Morgan fingerprint density at radius 1 is 1.12 bits per heavy atom. The minimum atomic E-state index is -0.167. The molecule has 7 nitrogen and oxygen atoms in total. The van der Waals surface area contributed by atoms with Crippen molar-refractivity contribution < 1.29 is 4.79 Å². The van der Waals surface area contributed by atoms with Gasteiger partial charge in [-0.3, -0.25) is 14.7 Å². The minimum Gasteiger partial charge on any atom is -0.369 e. The third kappa shape index (κ3) is 7.31. The van der Waals surface area contributed by atoms with Gasteiger partial charge in [0.05, 0.1) is 5.92 Å². The molecule has 2 aliphatic heterocycles. The molecule has 4 N–H and O–H groups in total. The highest BCUT2D eigenvalue weighted by molar-refractivity contribution is 14.0. The molecule has 1 aliphatic carbocycles. The van der Waals surface area contributed by atoms with Crippen LogP contribution in [0.15, 0.2) is 29.3 Å². The van der Waals surface area contributed by atoms with Crippen molar-refractivity contribution in [2.45, 2.75) is 63.7 Å². The van der Waals surface area contributed by atoms with Crippen molar-refractivity contribution in [1.29, 1.82) is 0 Å². The third-order valence-electron chi connectivity index (χ3n) is 6.92. The third-order valence-corrected chi connectivity index (χ3v) is 6.92. The summed E-state index contributed by atoms with van der Waals surface area (Å²) in [6, 6.07) is 10.1. The highest BCUT2D eigenvalue weighted by atomic mass is 127. The molecule has 3 fully saturated rings. The molecule has 2 heterocycles. The zero-order valence-corrected chi connectivity index (χ0v) is 21.6. The SMILES string of the molecule is CN=C(NCc1cccc(CN2CCCC(C(N)=O)C2)c1)NC1CCN(C2CC2)CC1.I. The Balaban J connectivity index is 0.00000289. The van der Waals surface area contributed by atoms with Crippen LogP contribution in [-0.4, -0.2) is 67.0 Å². The molecule has 8 heteroatoms. The summed E-state index contributed by atoms with van der Waals surface area (Å²) in [5, 5.41) is 7.09. The summed E-state index contributed by atoms with van der Waals surface area (Å²) >= 11 is 0. The van der Waals surface area contributed by atoms with Crippen LogP contribution in [0.5, 0.6) is 0 Å². The predicted octanol–water partition coefficient (Wildman–Crippen LogP) is 2.29. The summed E-state index contributed by atoms with van der Waals surface area (Å²) in [7, 11) is 1.84. The molecule has 4 rings (SSSR count). The Labute approximate surface area is 209 Å². The van der Waals surface area contributed by atoms with E-state index >= 15 is 0 Å². The fraction of sp³-hybridized carbons (Fsp3) is 0.667. The maximum Gasteiger partial charge on any atom is 0.221 e. The van der Waals surface area contributed by atoms with Crippen LogP contribution in [0.1, 0.15) is 49.7 Å². The first-order valence-corrected chi connectivity index (χ1v) is 11.9. The second-order valence-corrected chi connectivity index (χ2v) is 9.41. The van der Waals surface area contributed by atoms with E-state index in [1.165, 1.54) is 49.9 Å². The maximum absolute atomic E-state index is 11.5. The van der Waals surface area contributed by atoms with Gasteiger partial charge in [0.25, 0.3) is 0 Å². The van der Waals surface area contributed by atoms with Gasteiger partial charge in [-0.05, 0) is 56.2 Å². The van der Waals surface area contributed by atoms with Crippen molar-refractivity contribution in [3.05, 3.63) is 35.4 Å². The molecule has 3 aliphatic rings. The van der Waals surface area contributed by atoms with Gasteiger partial charge in [0, 0.05) is 51.9 Å². The van der Waals surface area contributed by atoms with Gasteiger partial charge in [-0.25, -0.2) is 0 Å². The number of amides is 1. The number of nitrogens with one attached hydrogen (secondary N) is 2. The largest absolute Gasteiger partial charge is 0.369 e.